The summed E-state index contributed by atoms with van der Waals surface area (Å²) in [4.78, 5) is 6.89. The zero-order valence-corrected chi connectivity index (χ0v) is 15.4. The molecule has 140 valence electrons. The van der Waals surface area contributed by atoms with E-state index in [4.69, 9.17) is 4.42 Å². The standard InChI is InChI=1S/C20H24N6O/c1-15-8-10-26(11-9-15)17-6-4-16(5-7-17)23-19-14-22-25-20(24-19)21-13-18-3-2-12-27-18/h2-7,12,14-15H,8-11,13H2,1H3,(H2,21,23,24,25). The predicted molar refractivity (Wildman–Crippen MR) is 106 cm³/mol. The number of benzene rings is 1. The summed E-state index contributed by atoms with van der Waals surface area (Å²) in [6.45, 7) is 5.11. The Balaban J connectivity index is 1.36. The largest absolute Gasteiger partial charge is 0.467 e. The van der Waals surface area contributed by atoms with E-state index >= 15 is 0 Å². The minimum absolute atomic E-state index is 0.454. The van der Waals surface area contributed by atoms with E-state index in [0.29, 0.717) is 18.3 Å². The van der Waals surface area contributed by atoms with Gasteiger partial charge in [0, 0.05) is 24.5 Å². The van der Waals surface area contributed by atoms with E-state index in [2.05, 4.69) is 61.9 Å². The van der Waals surface area contributed by atoms with E-state index < -0.39 is 0 Å². The van der Waals surface area contributed by atoms with Gasteiger partial charge in [-0.2, -0.15) is 10.1 Å². The van der Waals surface area contributed by atoms with Crippen LogP contribution in [0.25, 0.3) is 0 Å². The number of piperidine rings is 1. The lowest BCUT2D eigenvalue weighted by Crippen LogP contribution is -2.32. The number of rotatable bonds is 6. The van der Waals surface area contributed by atoms with E-state index in [1.807, 2.05) is 12.1 Å². The average Bonchev–Trinajstić information content (AvgIpc) is 3.22. The van der Waals surface area contributed by atoms with Gasteiger partial charge in [0.25, 0.3) is 0 Å². The third kappa shape index (κ3) is 4.55. The monoisotopic (exact) mass is 364 g/mol. The van der Waals surface area contributed by atoms with Gasteiger partial charge < -0.3 is 20.0 Å². The highest BCUT2D eigenvalue weighted by atomic mass is 16.3. The number of hydrogen-bond acceptors (Lipinski definition) is 7. The third-order valence-electron chi connectivity index (χ3n) is 4.85. The highest BCUT2D eigenvalue weighted by Crippen LogP contribution is 2.25. The molecule has 7 heteroatoms. The van der Waals surface area contributed by atoms with Gasteiger partial charge in [-0.1, -0.05) is 6.92 Å². The minimum Gasteiger partial charge on any atom is -0.467 e. The first-order chi connectivity index (χ1) is 13.3. The summed E-state index contributed by atoms with van der Waals surface area (Å²) in [6.07, 6.45) is 5.78. The lowest BCUT2D eigenvalue weighted by Gasteiger charge is -2.32. The molecular formula is C20H24N6O. The van der Waals surface area contributed by atoms with E-state index in [1.165, 1.54) is 18.5 Å². The van der Waals surface area contributed by atoms with Crippen molar-refractivity contribution in [2.45, 2.75) is 26.3 Å². The van der Waals surface area contributed by atoms with Gasteiger partial charge in [0.05, 0.1) is 19.0 Å². The molecule has 0 bridgehead atoms. The molecule has 0 unspecified atom stereocenters. The SMILES string of the molecule is CC1CCN(c2ccc(Nc3cnnc(NCc4ccco4)n3)cc2)CC1. The number of aromatic nitrogens is 3. The Morgan fingerprint density at radius 1 is 1.15 bits per heavy atom. The highest BCUT2D eigenvalue weighted by molar-refractivity contribution is 5.60. The van der Waals surface area contributed by atoms with Crippen molar-refractivity contribution < 1.29 is 4.42 Å². The second kappa shape index (κ2) is 8.07. The summed E-state index contributed by atoms with van der Waals surface area (Å²) < 4.78 is 5.29. The van der Waals surface area contributed by atoms with Crippen LogP contribution < -0.4 is 15.5 Å². The average molecular weight is 364 g/mol. The fourth-order valence-electron chi connectivity index (χ4n) is 3.19. The van der Waals surface area contributed by atoms with Crippen molar-refractivity contribution in [2.24, 2.45) is 5.92 Å². The van der Waals surface area contributed by atoms with Crippen LogP contribution in [0.2, 0.25) is 0 Å². The van der Waals surface area contributed by atoms with Gasteiger partial charge in [-0.15, -0.1) is 5.10 Å². The maximum atomic E-state index is 5.29. The Labute approximate surface area is 158 Å². The lowest BCUT2D eigenvalue weighted by molar-refractivity contribution is 0.438. The zero-order valence-electron chi connectivity index (χ0n) is 15.4. The molecule has 3 aromatic rings. The quantitative estimate of drug-likeness (QED) is 0.683. The predicted octanol–water partition coefficient (Wildman–Crippen LogP) is 4.06. The maximum Gasteiger partial charge on any atom is 0.245 e. The van der Waals surface area contributed by atoms with Crippen LogP contribution in [-0.4, -0.2) is 28.3 Å². The van der Waals surface area contributed by atoms with Gasteiger partial charge in [-0.05, 0) is 55.2 Å². The molecule has 1 aliphatic heterocycles. The van der Waals surface area contributed by atoms with E-state index in [1.54, 1.807) is 12.5 Å². The summed E-state index contributed by atoms with van der Waals surface area (Å²) >= 11 is 0. The van der Waals surface area contributed by atoms with Crippen LogP contribution in [0.3, 0.4) is 0 Å². The zero-order chi connectivity index (χ0) is 18.5. The van der Waals surface area contributed by atoms with Gasteiger partial charge in [0.2, 0.25) is 5.95 Å². The molecule has 7 nitrogen and oxygen atoms in total. The molecule has 0 atom stereocenters. The first-order valence-electron chi connectivity index (χ1n) is 9.34. The normalized spacial score (nSPS) is 14.9. The summed E-state index contributed by atoms with van der Waals surface area (Å²) in [7, 11) is 0. The van der Waals surface area contributed by atoms with Gasteiger partial charge >= 0.3 is 0 Å². The van der Waals surface area contributed by atoms with Crippen molar-refractivity contribution in [1.29, 1.82) is 0 Å². The Morgan fingerprint density at radius 2 is 1.96 bits per heavy atom. The molecule has 1 saturated heterocycles. The molecule has 3 heterocycles. The van der Waals surface area contributed by atoms with Crippen molar-refractivity contribution in [2.75, 3.05) is 28.6 Å². The molecule has 0 aliphatic carbocycles. The molecule has 2 aromatic heterocycles. The molecule has 0 radical (unpaired) electrons. The van der Waals surface area contributed by atoms with Crippen LogP contribution in [-0.2, 0) is 6.54 Å². The second-order valence-corrected chi connectivity index (χ2v) is 6.94. The van der Waals surface area contributed by atoms with Crippen LogP contribution in [0, 0.1) is 5.92 Å². The third-order valence-corrected chi connectivity index (χ3v) is 4.85. The lowest BCUT2D eigenvalue weighted by atomic mass is 9.99. The Bertz CT molecular complexity index is 841. The Kier molecular flexibility index (Phi) is 5.18. The van der Waals surface area contributed by atoms with Crippen molar-refractivity contribution in [3.05, 3.63) is 54.6 Å². The van der Waals surface area contributed by atoms with E-state index in [0.717, 1.165) is 30.5 Å². The number of furan rings is 1. The van der Waals surface area contributed by atoms with Crippen LogP contribution in [0.4, 0.5) is 23.1 Å². The van der Waals surface area contributed by atoms with Crippen LogP contribution in [0.5, 0.6) is 0 Å². The van der Waals surface area contributed by atoms with E-state index in [-0.39, 0.29) is 0 Å². The molecule has 4 rings (SSSR count). The molecule has 0 amide bonds. The fraction of sp³-hybridized carbons (Fsp3) is 0.350. The molecule has 27 heavy (non-hydrogen) atoms. The van der Waals surface area contributed by atoms with Gasteiger partial charge in [-0.3, -0.25) is 0 Å². The van der Waals surface area contributed by atoms with Gasteiger partial charge in [-0.25, -0.2) is 0 Å². The maximum absolute atomic E-state index is 5.29. The van der Waals surface area contributed by atoms with Crippen LogP contribution in [0.15, 0.2) is 53.3 Å². The van der Waals surface area contributed by atoms with Gasteiger partial charge in [0.1, 0.15) is 5.76 Å². The number of nitrogens with zero attached hydrogens (tertiary/aromatic N) is 4. The molecule has 1 aromatic carbocycles. The van der Waals surface area contributed by atoms with E-state index in [9.17, 15) is 0 Å². The molecular weight excluding hydrogens is 340 g/mol. The Hall–Kier alpha value is -3.09. The molecule has 0 spiro atoms. The number of hydrogen-bond donors (Lipinski definition) is 2. The highest BCUT2D eigenvalue weighted by Gasteiger charge is 2.15. The topological polar surface area (TPSA) is 79.1 Å². The summed E-state index contributed by atoms with van der Waals surface area (Å²) in [5.74, 6) is 2.75. The van der Waals surface area contributed by atoms with Crippen molar-refractivity contribution >= 4 is 23.1 Å². The molecule has 2 N–H and O–H groups in total. The summed E-state index contributed by atoms with van der Waals surface area (Å²) in [6, 6.07) is 12.2. The van der Waals surface area contributed by atoms with Crippen LogP contribution in [0.1, 0.15) is 25.5 Å². The first-order valence-corrected chi connectivity index (χ1v) is 9.34. The van der Waals surface area contributed by atoms with Crippen LogP contribution >= 0.6 is 0 Å². The number of anilines is 4. The smallest absolute Gasteiger partial charge is 0.245 e. The van der Waals surface area contributed by atoms with Crippen molar-refractivity contribution in [1.82, 2.24) is 15.2 Å². The molecule has 1 aliphatic rings. The minimum atomic E-state index is 0.454. The van der Waals surface area contributed by atoms with Gasteiger partial charge in [0.15, 0.2) is 5.82 Å². The summed E-state index contributed by atoms with van der Waals surface area (Å²) in [5, 5.41) is 14.4. The Morgan fingerprint density at radius 3 is 2.70 bits per heavy atom. The second-order valence-electron chi connectivity index (χ2n) is 6.94. The summed E-state index contributed by atoms with van der Waals surface area (Å²) in [5.41, 5.74) is 2.25. The molecule has 0 saturated carbocycles. The van der Waals surface area contributed by atoms with Crippen molar-refractivity contribution in [3.63, 3.8) is 0 Å². The fourth-order valence-corrected chi connectivity index (χ4v) is 3.19. The van der Waals surface area contributed by atoms with Crippen molar-refractivity contribution in [3.8, 4) is 0 Å². The first kappa shape index (κ1) is 17.3. The molecule has 1 fully saturated rings. The number of nitrogens with one attached hydrogen (secondary N) is 2.